The van der Waals surface area contributed by atoms with Crippen molar-refractivity contribution in [2.24, 2.45) is 0 Å². The number of amides is 1. The van der Waals surface area contributed by atoms with Crippen molar-refractivity contribution in [2.45, 2.75) is 37.3 Å². The molecule has 1 amide bonds. The van der Waals surface area contributed by atoms with Crippen LogP contribution in [0.15, 0.2) is 59.8 Å². The van der Waals surface area contributed by atoms with Gasteiger partial charge in [0.1, 0.15) is 6.61 Å². The Labute approximate surface area is 181 Å². The molecule has 0 saturated carbocycles. The second-order valence-electron chi connectivity index (χ2n) is 8.00. The first-order valence-electron chi connectivity index (χ1n) is 10.3. The summed E-state index contributed by atoms with van der Waals surface area (Å²) in [7, 11) is -3.65. The Bertz CT molecular complexity index is 1260. The lowest BCUT2D eigenvalue weighted by molar-refractivity contribution is 0.135. The Balaban J connectivity index is 1.40. The Kier molecular flexibility index (Phi) is 4.91. The number of piperidine rings is 1. The van der Waals surface area contributed by atoms with Gasteiger partial charge in [-0.15, -0.1) is 0 Å². The first-order valence-corrected chi connectivity index (χ1v) is 11.8. The molecule has 2 aliphatic heterocycles. The summed E-state index contributed by atoms with van der Waals surface area (Å²) >= 11 is 0. The van der Waals surface area contributed by atoms with Crippen LogP contribution in [0.2, 0.25) is 0 Å². The van der Waals surface area contributed by atoms with Gasteiger partial charge < -0.3 is 4.74 Å². The molecule has 160 valence electrons. The van der Waals surface area contributed by atoms with E-state index in [9.17, 15) is 13.2 Å². The summed E-state index contributed by atoms with van der Waals surface area (Å²) in [6, 6.07) is 12.8. The highest BCUT2D eigenvalue weighted by Gasteiger charge is 2.38. The van der Waals surface area contributed by atoms with Crippen molar-refractivity contribution >= 4 is 32.6 Å². The number of benzene rings is 2. The lowest BCUT2D eigenvalue weighted by atomic mass is 10.00. The third-order valence-corrected chi connectivity index (χ3v) is 8.11. The van der Waals surface area contributed by atoms with Gasteiger partial charge in [-0.2, -0.15) is 4.31 Å². The number of cyclic esters (lactones) is 1. The third kappa shape index (κ3) is 3.36. The average Bonchev–Trinajstić information content (AvgIpc) is 2.79. The number of carbonyl (C=O) groups is 1. The maximum Gasteiger partial charge on any atom is 0.414 e. The van der Waals surface area contributed by atoms with Gasteiger partial charge in [-0.05, 0) is 37.5 Å². The van der Waals surface area contributed by atoms with Gasteiger partial charge >= 0.3 is 6.09 Å². The number of rotatable bonds is 3. The van der Waals surface area contributed by atoms with E-state index in [1.54, 1.807) is 35.5 Å². The number of carbonyl (C=O) groups excluding carboxylic acids is 1. The molecule has 3 heterocycles. The zero-order valence-corrected chi connectivity index (χ0v) is 18.0. The highest BCUT2D eigenvalue weighted by molar-refractivity contribution is 7.89. The molecule has 3 aromatic rings. The van der Waals surface area contributed by atoms with Gasteiger partial charge in [0, 0.05) is 47.9 Å². The number of anilines is 1. The van der Waals surface area contributed by atoms with Crippen LogP contribution in [0, 0.1) is 6.92 Å². The molecule has 5 rings (SSSR count). The first-order chi connectivity index (χ1) is 15.0. The molecule has 0 aliphatic carbocycles. The van der Waals surface area contributed by atoms with Crippen molar-refractivity contribution < 1.29 is 17.9 Å². The average molecular weight is 438 g/mol. The molecule has 1 fully saturated rings. The van der Waals surface area contributed by atoms with Crippen LogP contribution in [0.5, 0.6) is 0 Å². The molecule has 0 bridgehead atoms. The predicted molar refractivity (Wildman–Crippen MR) is 117 cm³/mol. The van der Waals surface area contributed by atoms with Crippen LogP contribution in [-0.2, 0) is 21.4 Å². The van der Waals surface area contributed by atoms with Crippen LogP contribution in [0.4, 0.5) is 10.5 Å². The summed E-state index contributed by atoms with van der Waals surface area (Å²) in [6.45, 7) is 2.95. The monoisotopic (exact) mass is 437 g/mol. The smallest absolute Gasteiger partial charge is 0.414 e. The van der Waals surface area contributed by atoms with Crippen molar-refractivity contribution in [1.29, 1.82) is 0 Å². The second kappa shape index (κ2) is 7.62. The number of pyridine rings is 1. The van der Waals surface area contributed by atoms with Crippen molar-refractivity contribution in [3.8, 4) is 0 Å². The summed E-state index contributed by atoms with van der Waals surface area (Å²) < 4.78 is 33.7. The van der Waals surface area contributed by atoms with E-state index in [-0.39, 0.29) is 18.7 Å². The number of sulfonamides is 1. The first kappa shape index (κ1) is 20.0. The number of aryl methyl sites for hydroxylation is 1. The van der Waals surface area contributed by atoms with E-state index in [4.69, 9.17) is 4.74 Å². The third-order valence-electron chi connectivity index (χ3n) is 6.16. The van der Waals surface area contributed by atoms with Gasteiger partial charge in [0.25, 0.3) is 0 Å². The van der Waals surface area contributed by atoms with Crippen LogP contribution in [0.3, 0.4) is 0 Å². The molecule has 1 aromatic heterocycles. The Morgan fingerprint density at radius 3 is 2.65 bits per heavy atom. The molecule has 0 unspecified atom stereocenters. The minimum Gasteiger partial charge on any atom is -0.444 e. The van der Waals surface area contributed by atoms with Crippen molar-refractivity contribution in [2.75, 3.05) is 18.0 Å². The number of nitrogens with zero attached hydrogens (tertiary/aromatic N) is 3. The fourth-order valence-electron chi connectivity index (χ4n) is 4.61. The van der Waals surface area contributed by atoms with Gasteiger partial charge in [0.2, 0.25) is 10.0 Å². The van der Waals surface area contributed by atoms with Crippen LogP contribution < -0.4 is 4.90 Å². The minimum atomic E-state index is -3.65. The molecule has 0 radical (unpaired) electrons. The Hall–Kier alpha value is -2.97. The topological polar surface area (TPSA) is 79.8 Å². The zero-order valence-electron chi connectivity index (χ0n) is 17.2. The van der Waals surface area contributed by atoms with E-state index >= 15 is 0 Å². The largest absolute Gasteiger partial charge is 0.444 e. The van der Waals surface area contributed by atoms with E-state index in [1.807, 2.05) is 31.2 Å². The van der Waals surface area contributed by atoms with Crippen molar-refractivity contribution in [3.63, 3.8) is 0 Å². The molecule has 0 atom stereocenters. The molecule has 0 N–H and O–H groups in total. The predicted octanol–water partition coefficient (Wildman–Crippen LogP) is 3.85. The quantitative estimate of drug-likeness (QED) is 0.622. The van der Waals surface area contributed by atoms with Crippen molar-refractivity contribution in [3.05, 3.63) is 66.0 Å². The van der Waals surface area contributed by atoms with Gasteiger partial charge in [-0.3, -0.25) is 9.88 Å². The van der Waals surface area contributed by atoms with Crippen LogP contribution in [0.1, 0.15) is 24.0 Å². The van der Waals surface area contributed by atoms with Crippen LogP contribution in [0.25, 0.3) is 10.8 Å². The summed E-state index contributed by atoms with van der Waals surface area (Å²) in [5, 5.41) is 1.46. The maximum absolute atomic E-state index is 13.4. The molecular formula is C23H23N3O4S. The SMILES string of the molecule is Cc1cccc2c1N(C1CCN(S(=O)(=O)c3cccc4cnccc34)CC1)C(=O)OC2. The summed E-state index contributed by atoms with van der Waals surface area (Å²) in [6.07, 6.45) is 4.02. The van der Waals surface area contributed by atoms with E-state index in [2.05, 4.69) is 4.98 Å². The number of fused-ring (bicyclic) bond motifs is 2. The molecule has 31 heavy (non-hydrogen) atoms. The van der Waals surface area contributed by atoms with Crippen LogP contribution in [-0.4, -0.2) is 42.9 Å². The van der Waals surface area contributed by atoms with Gasteiger partial charge in [-0.25, -0.2) is 13.2 Å². The minimum absolute atomic E-state index is 0.101. The molecule has 2 aliphatic rings. The standard InChI is InChI=1S/C23H23N3O4S/c1-16-4-2-6-18-15-30-23(27)26(22(16)18)19-9-12-25(13-10-19)31(28,29)21-7-3-5-17-14-24-11-8-20(17)21/h2-8,11,14,19H,9-10,12-13,15H2,1H3. The zero-order chi connectivity index (χ0) is 21.6. The molecule has 1 saturated heterocycles. The number of hydrogen-bond donors (Lipinski definition) is 0. The maximum atomic E-state index is 13.4. The highest BCUT2D eigenvalue weighted by atomic mass is 32.2. The van der Waals surface area contributed by atoms with E-state index in [0.29, 0.717) is 36.2 Å². The van der Waals surface area contributed by atoms with E-state index < -0.39 is 10.0 Å². The fraction of sp³-hybridized carbons (Fsp3) is 0.304. The molecule has 0 spiro atoms. The normalized spacial score (nSPS) is 18.1. The van der Waals surface area contributed by atoms with E-state index in [1.165, 1.54) is 4.31 Å². The highest BCUT2D eigenvalue weighted by Crippen LogP contribution is 2.35. The van der Waals surface area contributed by atoms with E-state index in [0.717, 1.165) is 22.2 Å². The number of para-hydroxylation sites is 1. The lowest BCUT2D eigenvalue weighted by Crippen LogP contribution is -2.50. The molecule has 8 heteroatoms. The van der Waals surface area contributed by atoms with Gasteiger partial charge in [0.05, 0.1) is 10.6 Å². The number of aromatic nitrogens is 1. The molecule has 2 aromatic carbocycles. The lowest BCUT2D eigenvalue weighted by Gasteiger charge is -2.40. The number of ether oxygens (including phenoxy) is 1. The summed E-state index contributed by atoms with van der Waals surface area (Å²) in [5.41, 5.74) is 2.91. The van der Waals surface area contributed by atoms with Crippen molar-refractivity contribution in [1.82, 2.24) is 9.29 Å². The number of hydrogen-bond acceptors (Lipinski definition) is 5. The summed E-state index contributed by atoms with van der Waals surface area (Å²) in [5.74, 6) is 0. The molecular weight excluding hydrogens is 414 g/mol. The fourth-order valence-corrected chi connectivity index (χ4v) is 6.29. The Morgan fingerprint density at radius 2 is 1.84 bits per heavy atom. The summed E-state index contributed by atoms with van der Waals surface area (Å²) in [4.78, 5) is 18.7. The van der Waals surface area contributed by atoms with Crippen LogP contribution >= 0.6 is 0 Å². The second-order valence-corrected chi connectivity index (χ2v) is 9.90. The van der Waals surface area contributed by atoms with Gasteiger partial charge in [0.15, 0.2) is 0 Å². The molecule has 7 nitrogen and oxygen atoms in total. The van der Waals surface area contributed by atoms with Gasteiger partial charge in [-0.1, -0.05) is 30.3 Å². The Morgan fingerprint density at radius 1 is 1.06 bits per heavy atom.